The van der Waals surface area contributed by atoms with Crippen molar-refractivity contribution in [3.05, 3.63) is 64.6 Å². The molecule has 8 nitrogen and oxygen atoms in total. The first kappa shape index (κ1) is 21.6. The van der Waals surface area contributed by atoms with Crippen LogP contribution in [-0.2, 0) is 6.18 Å². The first-order valence-electron chi connectivity index (χ1n) is 9.36. The number of rotatable bonds is 3. The molecule has 0 fully saturated rings. The third-order valence-electron chi connectivity index (χ3n) is 5.01. The number of hydrogen-bond acceptors (Lipinski definition) is 5. The summed E-state index contributed by atoms with van der Waals surface area (Å²) in [7, 11) is 0. The first-order valence-corrected chi connectivity index (χ1v) is 9.73. The molecule has 3 heterocycles. The summed E-state index contributed by atoms with van der Waals surface area (Å²) in [5, 5.41) is 6.27. The Bertz CT molecular complexity index is 1230. The van der Waals surface area contributed by atoms with Crippen LogP contribution < -0.4 is 16.0 Å². The standard InChI is InChI=1S/C20H16ClF3N6O2/c1-10-9-29(11-4-5-13(14(21)7-11)20(22,23)24)19(32)16-15(8-27-30(10)16)28-18(31)12-3-2-6-26-17(12)25/h2-8,10H,9H2,1H3,(H2,25,26)(H,28,31)/t10-/m0/s1. The number of nitrogens with one attached hydrogen (secondary N) is 1. The van der Waals surface area contributed by atoms with E-state index in [1.54, 1.807) is 13.0 Å². The molecule has 1 aromatic carbocycles. The van der Waals surface area contributed by atoms with Gasteiger partial charge in [-0.3, -0.25) is 14.3 Å². The molecule has 0 unspecified atom stereocenters. The molecule has 0 bridgehead atoms. The number of alkyl halides is 3. The van der Waals surface area contributed by atoms with Gasteiger partial charge in [0.15, 0.2) is 5.69 Å². The minimum Gasteiger partial charge on any atom is -0.383 e. The van der Waals surface area contributed by atoms with Crippen molar-refractivity contribution < 1.29 is 22.8 Å². The van der Waals surface area contributed by atoms with Gasteiger partial charge >= 0.3 is 6.18 Å². The van der Waals surface area contributed by atoms with Crippen molar-refractivity contribution in [2.75, 3.05) is 22.5 Å². The number of anilines is 3. The molecule has 166 valence electrons. The van der Waals surface area contributed by atoms with Crippen LogP contribution in [0.1, 0.15) is 39.4 Å². The normalized spacial score (nSPS) is 16.1. The molecule has 4 rings (SSSR count). The van der Waals surface area contributed by atoms with E-state index in [-0.39, 0.29) is 41.0 Å². The van der Waals surface area contributed by atoms with Gasteiger partial charge in [0.1, 0.15) is 5.82 Å². The Hall–Kier alpha value is -3.60. The molecule has 3 N–H and O–H groups in total. The largest absolute Gasteiger partial charge is 0.417 e. The molecule has 1 aliphatic heterocycles. The summed E-state index contributed by atoms with van der Waals surface area (Å²) < 4.78 is 40.5. The van der Waals surface area contributed by atoms with Crippen LogP contribution in [0.25, 0.3) is 0 Å². The summed E-state index contributed by atoms with van der Waals surface area (Å²) in [4.78, 5) is 31.0. The summed E-state index contributed by atoms with van der Waals surface area (Å²) in [6.07, 6.45) is -1.84. The monoisotopic (exact) mass is 464 g/mol. The molecule has 0 aliphatic carbocycles. The van der Waals surface area contributed by atoms with Crippen LogP contribution in [0, 0.1) is 0 Å². The summed E-state index contributed by atoms with van der Waals surface area (Å²) in [6.45, 7) is 1.94. The van der Waals surface area contributed by atoms with Gasteiger partial charge in [-0.2, -0.15) is 18.3 Å². The van der Waals surface area contributed by atoms with Gasteiger partial charge in [0.2, 0.25) is 0 Å². The maximum absolute atomic E-state index is 13.2. The van der Waals surface area contributed by atoms with E-state index < -0.39 is 28.6 Å². The third kappa shape index (κ3) is 3.75. The van der Waals surface area contributed by atoms with E-state index in [9.17, 15) is 22.8 Å². The lowest BCUT2D eigenvalue weighted by Gasteiger charge is -2.32. The predicted octanol–water partition coefficient (Wildman–Crippen LogP) is 4.01. The number of nitrogens with zero attached hydrogens (tertiary/aromatic N) is 4. The topological polar surface area (TPSA) is 106 Å². The van der Waals surface area contributed by atoms with Gasteiger partial charge in [0, 0.05) is 18.4 Å². The zero-order chi connectivity index (χ0) is 23.2. The minimum atomic E-state index is -4.61. The second-order valence-electron chi connectivity index (χ2n) is 7.17. The molecule has 1 aliphatic rings. The van der Waals surface area contributed by atoms with Crippen molar-refractivity contribution in [3.63, 3.8) is 0 Å². The fourth-order valence-corrected chi connectivity index (χ4v) is 3.76. The number of pyridine rings is 1. The van der Waals surface area contributed by atoms with Gasteiger partial charge < -0.3 is 16.0 Å². The first-order chi connectivity index (χ1) is 15.1. The Labute approximate surface area is 184 Å². The Morgan fingerprint density at radius 2 is 2.06 bits per heavy atom. The summed E-state index contributed by atoms with van der Waals surface area (Å²) >= 11 is 5.83. The zero-order valence-electron chi connectivity index (χ0n) is 16.5. The van der Waals surface area contributed by atoms with Crippen LogP contribution in [-0.4, -0.2) is 33.1 Å². The lowest BCUT2D eigenvalue weighted by Crippen LogP contribution is -2.43. The van der Waals surface area contributed by atoms with Gasteiger partial charge in [0.05, 0.1) is 34.1 Å². The van der Waals surface area contributed by atoms with Crippen molar-refractivity contribution >= 4 is 40.6 Å². The van der Waals surface area contributed by atoms with Crippen LogP contribution in [0.4, 0.5) is 30.4 Å². The number of nitrogen functional groups attached to an aromatic ring is 1. The number of hydrogen-bond donors (Lipinski definition) is 2. The molecule has 0 spiro atoms. The second-order valence-corrected chi connectivity index (χ2v) is 7.58. The molecule has 1 atom stereocenters. The Morgan fingerprint density at radius 1 is 1.31 bits per heavy atom. The fraction of sp³-hybridized carbons (Fsp3) is 0.200. The highest BCUT2D eigenvalue weighted by Gasteiger charge is 2.36. The molecule has 3 aromatic rings. The van der Waals surface area contributed by atoms with Gasteiger partial charge in [-0.15, -0.1) is 0 Å². The van der Waals surface area contributed by atoms with Crippen molar-refractivity contribution in [1.82, 2.24) is 14.8 Å². The van der Waals surface area contributed by atoms with Gasteiger partial charge in [-0.25, -0.2) is 4.98 Å². The summed E-state index contributed by atoms with van der Waals surface area (Å²) in [5.74, 6) is -1.11. The highest BCUT2D eigenvalue weighted by Crippen LogP contribution is 2.38. The molecule has 2 aromatic heterocycles. The van der Waals surface area contributed by atoms with E-state index >= 15 is 0 Å². The van der Waals surface area contributed by atoms with Crippen LogP contribution in [0.5, 0.6) is 0 Å². The number of benzene rings is 1. The van der Waals surface area contributed by atoms with Crippen molar-refractivity contribution in [1.29, 1.82) is 0 Å². The van der Waals surface area contributed by atoms with Crippen LogP contribution >= 0.6 is 11.6 Å². The van der Waals surface area contributed by atoms with Crippen LogP contribution in [0.15, 0.2) is 42.7 Å². The molecular formula is C20H16ClF3N6O2. The van der Waals surface area contributed by atoms with Crippen molar-refractivity contribution in [3.8, 4) is 0 Å². The van der Waals surface area contributed by atoms with Crippen LogP contribution in [0.3, 0.4) is 0 Å². The van der Waals surface area contributed by atoms with Gasteiger partial charge in [-0.05, 0) is 37.3 Å². The maximum Gasteiger partial charge on any atom is 0.417 e. The van der Waals surface area contributed by atoms with E-state index in [0.717, 1.165) is 12.1 Å². The number of carbonyl (C=O) groups is 2. The fourth-order valence-electron chi connectivity index (χ4n) is 3.48. The highest BCUT2D eigenvalue weighted by atomic mass is 35.5. The predicted molar refractivity (Wildman–Crippen MR) is 112 cm³/mol. The summed E-state index contributed by atoms with van der Waals surface area (Å²) in [6, 6.07) is 5.81. The lowest BCUT2D eigenvalue weighted by atomic mass is 10.1. The SMILES string of the molecule is C[C@H]1CN(c2ccc(C(F)(F)F)c(Cl)c2)C(=O)c2c(NC(=O)c3cccnc3N)cnn21. The smallest absolute Gasteiger partial charge is 0.383 e. The highest BCUT2D eigenvalue weighted by molar-refractivity contribution is 6.31. The Balaban J connectivity index is 1.67. The van der Waals surface area contributed by atoms with Gasteiger partial charge in [-0.1, -0.05) is 11.6 Å². The average molecular weight is 465 g/mol. The number of carbonyl (C=O) groups excluding carboxylic acids is 2. The van der Waals surface area contributed by atoms with E-state index in [4.69, 9.17) is 17.3 Å². The molecule has 0 saturated heterocycles. The van der Waals surface area contributed by atoms with Crippen LogP contribution in [0.2, 0.25) is 5.02 Å². The lowest BCUT2D eigenvalue weighted by molar-refractivity contribution is -0.137. The Kier molecular flexibility index (Phi) is 5.29. The third-order valence-corrected chi connectivity index (χ3v) is 5.32. The van der Waals surface area contributed by atoms with E-state index in [0.29, 0.717) is 0 Å². The van der Waals surface area contributed by atoms with Crippen molar-refractivity contribution in [2.45, 2.75) is 19.1 Å². The molecular weight excluding hydrogens is 449 g/mol. The number of nitrogens with two attached hydrogens (primary N) is 1. The van der Waals surface area contributed by atoms with Gasteiger partial charge in [0.25, 0.3) is 11.8 Å². The van der Waals surface area contributed by atoms with E-state index in [2.05, 4.69) is 15.4 Å². The van der Waals surface area contributed by atoms with Crippen molar-refractivity contribution in [2.24, 2.45) is 0 Å². The van der Waals surface area contributed by atoms with E-state index in [1.165, 1.54) is 34.1 Å². The van der Waals surface area contributed by atoms with E-state index in [1.807, 2.05) is 0 Å². The molecule has 0 saturated carbocycles. The summed E-state index contributed by atoms with van der Waals surface area (Å²) in [5.41, 5.74) is 5.27. The molecule has 12 heteroatoms. The zero-order valence-corrected chi connectivity index (χ0v) is 17.3. The number of fused-ring (bicyclic) bond motifs is 1. The molecule has 0 radical (unpaired) electrons. The number of halogens is 4. The minimum absolute atomic E-state index is 0.0201. The molecule has 2 amide bonds. The quantitative estimate of drug-likeness (QED) is 0.609. The Morgan fingerprint density at radius 3 is 2.72 bits per heavy atom. The average Bonchev–Trinajstić information content (AvgIpc) is 3.14. The maximum atomic E-state index is 13.2. The number of amides is 2. The number of aromatic nitrogens is 3. The molecule has 32 heavy (non-hydrogen) atoms. The second kappa shape index (κ2) is 7.83.